The van der Waals surface area contributed by atoms with E-state index in [0.717, 1.165) is 11.5 Å². The third-order valence-electron chi connectivity index (χ3n) is 1.70. The van der Waals surface area contributed by atoms with Crippen LogP contribution in [0.15, 0.2) is 0 Å². The van der Waals surface area contributed by atoms with E-state index in [2.05, 4.69) is 0 Å². The molecule has 1 rings (SSSR count). The SMILES string of the molecule is N#CSCC1(CSC#N)COC1. The summed E-state index contributed by atoms with van der Waals surface area (Å²) in [6.07, 6.45) is 0. The van der Waals surface area contributed by atoms with Gasteiger partial charge in [-0.2, -0.15) is 10.5 Å². The Morgan fingerprint density at radius 2 is 1.67 bits per heavy atom. The van der Waals surface area contributed by atoms with Crippen molar-refractivity contribution < 1.29 is 4.74 Å². The summed E-state index contributed by atoms with van der Waals surface area (Å²) in [5.41, 5.74) is 0.0841. The minimum atomic E-state index is 0.0841. The normalized spacial score (nSPS) is 18.8. The van der Waals surface area contributed by atoms with Gasteiger partial charge in [0.1, 0.15) is 10.8 Å². The van der Waals surface area contributed by atoms with Crippen molar-refractivity contribution in [3.63, 3.8) is 0 Å². The van der Waals surface area contributed by atoms with Gasteiger partial charge in [-0.25, -0.2) is 0 Å². The molecule has 0 unspecified atom stereocenters. The zero-order chi connectivity index (χ0) is 8.86. The monoisotopic (exact) mass is 200 g/mol. The topological polar surface area (TPSA) is 56.8 Å². The molecule has 0 aromatic rings. The van der Waals surface area contributed by atoms with E-state index in [1.54, 1.807) is 0 Å². The first-order valence-electron chi connectivity index (χ1n) is 3.42. The van der Waals surface area contributed by atoms with E-state index in [4.69, 9.17) is 15.3 Å². The van der Waals surface area contributed by atoms with E-state index in [-0.39, 0.29) is 5.41 Å². The highest BCUT2D eigenvalue weighted by Crippen LogP contribution is 2.34. The van der Waals surface area contributed by atoms with Gasteiger partial charge in [-0.3, -0.25) is 0 Å². The van der Waals surface area contributed by atoms with Gasteiger partial charge in [-0.15, -0.1) is 0 Å². The van der Waals surface area contributed by atoms with Crippen LogP contribution in [0, 0.1) is 26.7 Å². The molecule has 1 heterocycles. The molecule has 0 saturated carbocycles. The van der Waals surface area contributed by atoms with Gasteiger partial charge in [0.15, 0.2) is 0 Å². The van der Waals surface area contributed by atoms with Crippen molar-refractivity contribution in [2.24, 2.45) is 5.41 Å². The lowest BCUT2D eigenvalue weighted by molar-refractivity contribution is -0.0828. The molecular formula is C7H8N2OS2. The molecule has 0 amide bonds. The Balaban J connectivity index is 2.31. The summed E-state index contributed by atoms with van der Waals surface area (Å²) in [7, 11) is 0. The first-order valence-corrected chi connectivity index (χ1v) is 5.40. The molecule has 0 atom stereocenters. The lowest BCUT2D eigenvalue weighted by Crippen LogP contribution is -2.46. The van der Waals surface area contributed by atoms with Crippen molar-refractivity contribution in [1.82, 2.24) is 0 Å². The average molecular weight is 200 g/mol. The minimum absolute atomic E-state index is 0.0841. The second-order valence-electron chi connectivity index (χ2n) is 2.75. The molecule has 0 aromatic heterocycles. The van der Waals surface area contributed by atoms with Crippen LogP contribution in [0.5, 0.6) is 0 Å². The quantitative estimate of drug-likeness (QED) is 0.642. The molecule has 1 aliphatic heterocycles. The summed E-state index contributed by atoms with van der Waals surface area (Å²) < 4.78 is 5.09. The van der Waals surface area contributed by atoms with Crippen LogP contribution in [0.25, 0.3) is 0 Å². The first-order chi connectivity index (χ1) is 5.83. The van der Waals surface area contributed by atoms with Crippen LogP contribution in [0.1, 0.15) is 0 Å². The van der Waals surface area contributed by atoms with E-state index in [1.165, 1.54) is 23.5 Å². The van der Waals surface area contributed by atoms with Crippen molar-refractivity contribution in [2.45, 2.75) is 0 Å². The number of nitriles is 2. The summed E-state index contributed by atoms with van der Waals surface area (Å²) >= 11 is 2.49. The summed E-state index contributed by atoms with van der Waals surface area (Å²) in [6, 6.07) is 0. The van der Waals surface area contributed by atoms with Gasteiger partial charge in [0, 0.05) is 16.9 Å². The van der Waals surface area contributed by atoms with Crippen molar-refractivity contribution in [2.75, 3.05) is 24.7 Å². The Labute approximate surface area is 80.1 Å². The third-order valence-corrected chi connectivity index (χ3v) is 3.47. The molecule has 1 aliphatic rings. The molecule has 0 radical (unpaired) electrons. The fraction of sp³-hybridized carbons (Fsp3) is 0.714. The van der Waals surface area contributed by atoms with E-state index in [9.17, 15) is 0 Å². The van der Waals surface area contributed by atoms with Gasteiger partial charge in [0.05, 0.1) is 13.2 Å². The lowest BCUT2D eigenvalue weighted by atomic mass is 9.91. The molecule has 0 aliphatic carbocycles. The Morgan fingerprint density at radius 1 is 1.17 bits per heavy atom. The summed E-state index contributed by atoms with van der Waals surface area (Å²) in [6.45, 7) is 1.38. The predicted octanol–water partition coefficient (Wildman–Crippen LogP) is 1.43. The molecule has 0 N–H and O–H groups in total. The van der Waals surface area contributed by atoms with Gasteiger partial charge < -0.3 is 4.74 Å². The predicted molar refractivity (Wildman–Crippen MR) is 49.4 cm³/mol. The molecule has 3 nitrogen and oxygen atoms in total. The number of hydrogen-bond donors (Lipinski definition) is 0. The van der Waals surface area contributed by atoms with Crippen LogP contribution in [0.3, 0.4) is 0 Å². The summed E-state index contributed by atoms with van der Waals surface area (Å²) in [5.74, 6) is 1.55. The maximum Gasteiger partial charge on any atom is 0.133 e. The third kappa shape index (κ3) is 2.31. The molecule has 64 valence electrons. The Morgan fingerprint density at radius 3 is 1.92 bits per heavy atom. The van der Waals surface area contributed by atoms with Crippen LogP contribution < -0.4 is 0 Å². The zero-order valence-corrected chi connectivity index (χ0v) is 8.08. The van der Waals surface area contributed by atoms with Crippen molar-refractivity contribution in [3.05, 3.63) is 0 Å². The van der Waals surface area contributed by atoms with Crippen molar-refractivity contribution in [3.8, 4) is 10.8 Å². The highest BCUT2D eigenvalue weighted by molar-refractivity contribution is 8.04. The first kappa shape index (κ1) is 9.73. The molecule has 0 aromatic carbocycles. The maximum absolute atomic E-state index is 8.37. The number of thioether (sulfide) groups is 2. The van der Waals surface area contributed by atoms with Gasteiger partial charge in [0.25, 0.3) is 0 Å². The molecular weight excluding hydrogens is 192 g/mol. The van der Waals surface area contributed by atoms with E-state index >= 15 is 0 Å². The van der Waals surface area contributed by atoms with Gasteiger partial charge in [-0.05, 0) is 23.5 Å². The van der Waals surface area contributed by atoms with Crippen LogP contribution in [-0.2, 0) is 4.74 Å². The molecule has 12 heavy (non-hydrogen) atoms. The van der Waals surface area contributed by atoms with Gasteiger partial charge in [-0.1, -0.05) is 0 Å². The molecule has 0 spiro atoms. The minimum Gasteiger partial charge on any atom is -0.380 e. The molecule has 5 heteroatoms. The van der Waals surface area contributed by atoms with Crippen LogP contribution >= 0.6 is 23.5 Å². The van der Waals surface area contributed by atoms with Gasteiger partial charge in [0.2, 0.25) is 0 Å². The largest absolute Gasteiger partial charge is 0.380 e. The molecule has 1 saturated heterocycles. The fourth-order valence-electron chi connectivity index (χ4n) is 0.970. The standard InChI is InChI=1S/C7H8N2OS2/c8-5-11-3-7(1-10-2-7)4-12-6-9/h1-4H2. The van der Waals surface area contributed by atoms with Gasteiger partial charge >= 0.3 is 0 Å². The van der Waals surface area contributed by atoms with Crippen LogP contribution in [0.2, 0.25) is 0 Å². The molecule has 0 bridgehead atoms. The highest BCUT2D eigenvalue weighted by Gasteiger charge is 2.38. The number of rotatable bonds is 4. The maximum atomic E-state index is 8.37. The smallest absolute Gasteiger partial charge is 0.133 e. The second kappa shape index (κ2) is 4.61. The highest BCUT2D eigenvalue weighted by atomic mass is 32.2. The Bertz CT molecular complexity index is 207. The fourth-order valence-corrected chi connectivity index (χ4v) is 2.38. The van der Waals surface area contributed by atoms with E-state index in [1.807, 2.05) is 10.8 Å². The number of ether oxygens (including phenoxy) is 1. The summed E-state index contributed by atoms with van der Waals surface area (Å²) in [4.78, 5) is 0. The number of nitrogens with zero attached hydrogens (tertiary/aromatic N) is 2. The zero-order valence-electron chi connectivity index (χ0n) is 6.45. The van der Waals surface area contributed by atoms with E-state index in [0.29, 0.717) is 13.2 Å². The summed E-state index contributed by atoms with van der Waals surface area (Å²) in [5, 5.41) is 20.8. The van der Waals surface area contributed by atoms with Crippen molar-refractivity contribution in [1.29, 1.82) is 10.5 Å². The van der Waals surface area contributed by atoms with Crippen LogP contribution in [0.4, 0.5) is 0 Å². The molecule has 1 fully saturated rings. The van der Waals surface area contributed by atoms with E-state index < -0.39 is 0 Å². The van der Waals surface area contributed by atoms with Crippen molar-refractivity contribution >= 4 is 23.5 Å². The average Bonchev–Trinajstić information content (AvgIpc) is 2.02. The van der Waals surface area contributed by atoms with Crippen LogP contribution in [-0.4, -0.2) is 24.7 Å². The number of hydrogen-bond acceptors (Lipinski definition) is 5. The Kier molecular flexibility index (Phi) is 3.74. The number of thiocyanates is 2. The lowest BCUT2D eigenvalue weighted by Gasteiger charge is -2.39. The Hall–Kier alpha value is -0.360. The second-order valence-corrected chi connectivity index (χ2v) is 4.27.